The number of imidazole rings is 1. The molecule has 4 rings (SSSR count). The molecule has 0 bridgehead atoms. The molecule has 7 heteroatoms. The number of nitrogens with zero attached hydrogens (tertiary/aromatic N) is 2. The summed E-state index contributed by atoms with van der Waals surface area (Å²) in [7, 11) is 1.65. The van der Waals surface area contributed by atoms with Crippen molar-refractivity contribution in [3.05, 3.63) is 66.5 Å². The van der Waals surface area contributed by atoms with E-state index in [0.717, 1.165) is 48.5 Å². The van der Waals surface area contributed by atoms with Crippen LogP contribution in [0.25, 0.3) is 11.3 Å². The fourth-order valence-corrected chi connectivity index (χ4v) is 3.97. The van der Waals surface area contributed by atoms with Crippen molar-refractivity contribution in [2.24, 2.45) is 0 Å². The largest absolute Gasteiger partial charge is 0.497 e. The van der Waals surface area contributed by atoms with E-state index in [1.807, 2.05) is 36.4 Å². The lowest BCUT2D eigenvalue weighted by Gasteiger charge is -2.31. The van der Waals surface area contributed by atoms with Gasteiger partial charge in [-0.15, -0.1) is 0 Å². The highest BCUT2D eigenvalue weighted by Crippen LogP contribution is 2.26. The zero-order valence-corrected chi connectivity index (χ0v) is 16.9. The molecule has 0 aliphatic heterocycles. The number of anilines is 1. The van der Waals surface area contributed by atoms with Gasteiger partial charge in [-0.1, -0.05) is 12.6 Å². The minimum absolute atomic E-state index is 0.200. The minimum Gasteiger partial charge on any atom is -0.497 e. The quantitative estimate of drug-likeness (QED) is 0.556. The average Bonchev–Trinajstić information content (AvgIpc) is 3.21. The van der Waals surface area contributed by atoms with E-state index in [1.165, 1.54) is 6.20 Å². The van der Waals surface area contributed by atoms with Crippen molar-refractivity contribution in [2.75, 3.05) is 12.4 Å². The van der Waals surface area contributed by atoms with Crippen LogP contribution in [0, 0.1) is 0 Å². The number of halogens is 2. The van der Waals surface area contributed by atoms with Crippen molar-refractivity contribution in [3.63, 3.8) is 0 Å². The zero-order valence-electron chi connectivity index (χ0n) is 16.9. The normalized spacial score (nSPS) is 19.1. The van der Waals surface area contributed by atoms with E-state index in [1.54, 1.807) is 17.6 Å². The van der Waals surface area contributed by atoms with Crippen LogP contribution in [0.15, 0.2) is 55.2 Å². The van der Waals surface area contributed by atoms with Crippen LogP contribution in [0.1, 0.15) is 43.4 Å². The number of hydrogen-bond acceptors (Lipinski definition) is 4. The first-order valence-corrected chi connectivity index (χ1v) is 10.2. The van der Waals surface area contributed by atoms with Crippen LogP contribution in [0.2, 0.25) is 0 Å². The van der Waals surface area contributed by atoms with Crippen molar-refractivity contribution in [3.8, 4) is 5.75 Å². The molecule has 1 aliphatic carbocycles. The van der Waals surface area contributed by atoms with Crippen molar-refractivity contribution in [2.45, 2.75) is 44.2 Å². The Labute approximate surface area is 174 Å². The summed E-state index contributed by atoms with van der Waals surface area (Å²) in [6.07, 6.45) is 2.83. The Hall–Kier alpha value is -3.09. The number of fused-ring (bicyclic) bond motifs is 1. The second-order valence-corrected chi connectivity index (χ2v) is 7.65. The Morgan fingerprint density at radius 2 is 1.80 bits per heavy atom. The Morgan fingerprint density at radius 3 is 2.47 bits per heavy atom. The smallest absolute Gasteiger partial charge is 0.281 e. The summed E-state index contributed by atoms with van der Waals surface area (Å²) < 4.78 is 32.9. The number of hydrogen-bond donors (Lipinski definition) is 2. The molecule has 0 amide bonds. The first-order chi connectivity index (χ1) is 14.5. The average molecular weight is 412 g/mol. The van der Waals surface area contributed by atoms with Gasteiger partial charge in [0.25, 0.3) is 6.43 Å². The van der Waals surface area contributed by atoms with Gasteiger partial charge in [0.2, 0.25) is 0 Å². The number of pyridine rings is 1. The second kappa shape index (κ2) is 8.73. The molecular formula is C23H26F2N4O. The highest BCUT2D eigenvalue weighted by molar-refractivity contribution is 5.62. The van der Waals surface area contributed by atoms with Crippen molar-refractivity contribution in [1.82, 2.24) is 14.7 Å². The van der Waals surface area contributed by atoms with Crippen molar-refractivity contribution >= 4 is 17.2 Å². The summed E-state index contributed by atoms with van der Waals surface area (Å²) >= 11 is 0. The van der Waals surface area contributed by atoms with E-state index in [0.29, 0.717) is 17.7 Å². The molecule has 1 fully saturated rings. The maximum Gasteiger partial charge on any atom is 0.281 e. The molecule has 2 N–H and O–H groups in total. The van der Waals surface area contributed by atoms with Gasteiger partial charge in [-0.3, -0.25) is 4.40 Å². The molecule has 158 valence electrons. The first kappa shape index (κ1) is 20.2. The number of rotatable bonds is 7. The van der Waals surface area contributed by atoms with Gasteiger partial charge >= 0.3 is 0 Å². The third-order valence-electron chi connectivity index (χ3n) is 5.63. The van der Waals surface area contributed by atoms with E-state index in [2.05, 4.69) is 22.2 Å². The van der Waals surface area contributed by atoms with Crippen LogP contribution in [0.4, 0.5) is 14.6 Å². The zero-order chi connectivity index (χ0) is 21.1. The summed E-state index contributed by atoms with van der Waals surface area (Å²) in [6, 6.07) is 14.0. The maximum absolute atomic E-state index is 13.0. The highest BCUT2D eigenvalue weighted by atomic mass is 19.3. The number of benzene rings is 1. The molecule has 0 spiro atoms. The Kier molecular flexibility index (Phi) is 5.88. The molecule has 0 atom stereocenters. The molecule has 0 unspecified atom stereocenters. The van der Waals surface area contributed by atoms with Gasteiger partial charge in [-0.05, 0) is 67.6 Å². The van der Waals surface area contributed by atoms with Crippen LogP contribution in [-0.2, 0) is 0 Å². The van der Waals surface area contributed by atoms with Gasteiger partial charge in [0, 0.05) is 24.0 Å². The molecule has 1 aromatic carbocycles. The lowest BCUT2D eigenvalue weighted by atomic mass is 9.90. The molecule has 3 aromatic rings. The second-order valence-electron chi connectivity index (χ2n) is 7.65. The lowest BCUT2D eigenvalue weighted by molar-refractivity contribution is 0.147. The maximum atomic E-state index is 13.0. The number of nitrogens with one attached hydrogen (secondary N) is 2. The number of alkyl halides is 2. The third-order valence-corrected chi connectivity index (χ3v) is 5.63. The predicted molar refractivity (Wildman–Crippen MR) is 115 cm³/mol. The van der Waals surface area contributed by atoms with Crippen LogP contribution in [0.5, 0.6) is 5.75 Å². The summed E-state index contributed by atoms with van der Waals surface area (Å²) in [5.74, 6) is 1.62. The summed E-state index contributed by atoms with van der Waals surface area (Å²) in [4.78, 5) is 4.00. The van der Waals surface area contributed by atoms with E-state index in [4.69, 9.17) is 4.74 Å². The molecule has 0 saturated heterocycles. The Bertz CT molecular complexity index is 1010. The van der Waals surface area contributed by atoms with Gasteiger partial charge in [0.15, 0.2) is 0 Å². The van der Waals surface area contributed by atoms with Crippen LogP contribution in [0.3, 0.4) is 0 Å². The number of aromatic nitrogens is 2. The van der Waals surface area contributed by atoms with Crippen LogP contribution < -0.4 is 15.4 Å². The van der Waals surface area contributed by atoms with Crippen molar-refractivity contribution < 1.29 is 13.5 Å². The molecule has 2 aromatic heterocycles. The van der Waals surface area contributed by atoms with E-state index < -0.39 is 6.43 Å². The van der Waals surface area contributed by atoms with Gasteiger partial charge < -0.3 is 15.4 Å². The molecule has 30 heavy (non-hydrogen) atoms. The van der Waals surface area contributed by atoms with Crippen molar-refractivity contribution in [1.29, 1.82) is 0 Å². The third kappa shape index (κ3) is 4.40. The molecule has 5 nitrogen and oxygen atoms in total. The predicted octanol–water partition coefficient (Wildman–Crippen LogP) is 5.26. The van der Waals surface area contributed by atoms with E-state index in [9.17, 15) is 8.78 Å². The minimum atomic E-state index is -2.57. The topological polar surface area (TPSA) is 50.6 Å². The fourth-order valence-electron chi connectivity index (χ4n) is 3.97. The SMILES string of the molecule is C=C(NC1CCC(Nc2cccc3nc(C(F)F)cn23)CC1)c1ccc(OC)cc1. The lowest BCUT2D eigenvalue weighted by Crippen LogP contribution is -2.36. The molecule has 1 aliphatic rings. The molecule has 2 heterocycles. The Balaban J connectivity index is 1.33. The van der Waals surface area contributed by atoms with Gasteiger partial charge in [-0.2, -0.15) is 0 Å². The molecular weight excluding hydrogens is 386 g/mol. The van der Waals surface area contributed by atoms with Gasteiger partial charge in [0.1, 0.15) is 22.9 Å². The van der Waals surface area contributed by atoms with Gasteiger partial charge in [0.05, 0.1) is 7.11 Å². The Morgan fingerprint density at radius 1 is 1.10 bits per heavy atom. The van der Waals surface area contributed by atoms with Crippen LogP contribution in [-0.4, -0.2) is 28.6 Å². The first-order valence-electron chi connectivity index (χ1n) is 10.2. The fraction of sp³-hybridized carbons (Fsp3) is 0.348. The standard InChI is InChI=1S/C23H26F2N4O/c1-15(16-6-12-19(30-2)13-7-16)26-17-8-10-18(11-9-17)27-21-4-3-5-22-28-20(23(24)25)14-29(21)22/h3-7,12-14,17-18,23,26-27H,1,8-11H2,2H3. The number of methoxy groups -OCH3 is 1. The summed E-state index contributed by atoms with van der Waals surface area (Å²) in [5, 5.41) is 7.05. The van der Waals surface area contributed by atoms with Gasteiger partial charge in [-0.25, -0.2) is 13.8 Å². The molecule has 0 radical (unpaired) electrons. The monoisotopic (exact) mass is 412 g/mol. The summed E-state index contributed by atoms with van der Waals surface area (Å²) in [6.45, 7) is 4.17. The molecule has 1 saturated carbocycles. The van der Waals surface area contributed by atoms with Crippen LogP contribution >= 0.6 is 0 Å². The van der Waals surface area contributed by atoms with E-state index >= 15 is 0 Å². The number of ether oxygens (including phenoxy) is 1. The summed E-state index contributed by atoms with van der Waals surface area (Å²) in [5.41, 5.74) is 2.30. The van der Waals surface area contributed by atoms with E-state index in [-0.39, 0.29) is 5.69 Å². The highest BCUT2D eigenvalue weighted by Gasteiger charge is 2.22.